The van der Waals surface area contributed by atoms with Crippen LogP contribution in [0.25, 0.3) is 0 Å². The number of aliphatic imine (C=N–C) groups is 1. The van der Waals surface area contributed by atoms with E-state index in [1.54, 1.807) is 0 Å². The van der Waals surface area contributed by atoms with Crippen molar-refractivity contribution in [1.29, 1.82) is 0 Å². The molecule has 0 amide bonds. The van der Waals surface area contributed by atoms with Gasteiger partial charge in [0.25, 0.3) is 0 Å². The molecule has 5 heteroatoms. The van der Waals surface area contributed by atoms with Gasteiger partial charge in [-0.15, -0.1) is 0 Å². The smallest absolute Gasteiger partial charge is 0.0743 e. The summed E-state index contributed by atoms with van der Waals surface area (Å²) in [7, 11) is 0. The number of nitrogens with zero attached hydrogens (tertiary/aromatic N) is 3. The van der Waals surface area contributed by atoms with Crippen LogP contribution in [-0.2, 0) is 6.54 Å². The Kier molecular flexibility index (Phi) is 5.70. The van der Waals surface area contributed by atoms with Gasteiger partial charge in [-0.25, -0.2) is 0 Å². The van der Waals surface area contributed by atoms with Crippen LogP contribution in [0.5, 0.6) is 0 Å². The molecule has 0 aromatic heterocycles. The van der Waals surface area contributed by atoms with Gasteiger partial charge in [0.2, 0.25) is 0 Å². The fraction of sp³-hybridized carbons (Fsp3) is 0.533. The van der Waals surface area contributed by atoms with E-state index in [9.17, 15) is 0 Å². The second-order valence-electron chi connectivity index (χ2n) is 5.38. The zero-order chi connectivity index (χ0) is 14.5. The van der Waals surface area contributed by atoms with Crippen LogP contribution in [0, 0.1) is 0 Å². The summed E-state index contributed by atoms with van der Waals surface area (Å²) in [6, 6.07) is 6.37. The number of isothiocyanates is 1. The predicted molar refractivity (Wildman–Crippen MR) is 88.1 cm³/mol. The third kappa shape index (κ3) is 4.11. The summed E-state index contributed by atoms with van der Waals surface area (Å²) in [5, 5.41) is 3.19. The summed E-state index contributed by atoms with van der Waals surface area (Å²) in [5.41, 5.74) is 1.93. The van der Waals surface area contributed by atoms with Crippen LogP contribution in [0.15, 0.2) is 23.2 Å². The summed E-state index contributed by atoms with van der Waals surface area (Å²) in [6.45, 7) is 9.76. The lowest BCUT2D eigenvalue weighted by atomic mass is 10.1. The molecule has 0 saturated carbocycles. The highest BCUT2D eigenvalue weighted by Crippen LogP contribution is 2.24. The molecule has 0 aliphatic carbocycles. The Morgan fingerprint density at radius 1 is 1.30 bits per heavy atom. The van der Waals surface area contributed by atoms with Crippen molar-refractivity contribution in [2.75, 3.05) is 26.2 Å². The van der Waals surface area contributed by atoms with E-state index in [1.165, 1.54) is 0 Å². The standard InChI is InChI=1S/C15H20ClN3S/c1-12(2)19-7-5-18(6-8-19)10-13-9-14(17-11-20)3-4-15(13)16/h3-4,9,12H,5-8,10H2,1-2H3. The first-order chi connectivity index (χ1) is 9.60. The SMILES string of the molecule is CC(C)N1CCN(Cc2cc(N=C=S)ccc2Cl)CC1. The molecule has 0 N–H and O–H groups in total. The second kappa shape index (κ2) is 7.30. The van der Waals surface area contributed by atoms with Gasteiger partial charge in [-0.3, -0.25) is 9.80 Å². The van der Waals surface area contributed by atoms with Gasteiger partial charge in [0.1, 0.15) is 0 Å². The molecule has 108 valence electrons. The van der Waals surface area contributed by atoms with E-state index >= 15 is 0 Å². The summed E-state index contributed by atoms with van der Waals surface area (Å²) in [4.78, 5) is 8.96. The van der Waals surface area contributed by atoms with Crippen molar-refractivity contribution in [1.82, 2.24) is 9.80 Å². The Morgan fingerprint density at radius 3 is 2.60 bits per heavy atom. The fourth-order valence-corrected chi connectivity index (χ4v) is 2.77. The molecule has 0 unspecified atom stereocenters. The maximum atomic E-state index is 6.27. The highest BCUT2D eigenvalue weighted by molar-refractivity contribution is 7.78. The third-order valence-corrected chi connectivity index (χ3v) is 4.20. The van der Waals surface area contributed by atoms with Crippen molar-refractivity contribution < 1.29 is 0 Å². The van der Waals surface area contributed by atoms with Crippen molar-refractivity contribution in [2.24, 2.45) is 4.99 Å². The first-order valence-electron chi connectivity index (χ1n) is 6.93. The molecule has 1 fully saturated rings. The van der Waals surface area contributed by atoms with E-state index in [4.69, 9.17) is 11.6 Å². The van der Waals surface area contributed by atoms with Crippen LogP contribution in [0.4, 0.5) is 5.69 Å². The van der Waals surface area contributed by atoms with Gasteiger partial charge >= 0.3 is 0 Å². The van der Waals surface area contributed by atoms with Crippen molar-refractivity contribution >= 4 is 34.7 Å². The number of halogens is 1. The number of piperazine rings is 1. The molecule has 0 atom stereocenters. The molecule has 0 bridgehead atoms. The number of thiocarbonyl (C=S) groups is 1. The Hall–Kier alpha value is -0.770. The van der Waals surface area contributed by atoms with Crippen LogP contribution < -0.4 is 0 Å². The van der Waals surface area contributed by atoms with E-state index < -0.39 is 0 Å². The van der Waals surface area contributed by atoms with Crippen molar-refractivity contribution in [3.05, 3.63) is 28.8 Å². The minimum absolute atomic E-state index is 0.626. The first kappa shape index (κ1) is 15.6. The maximum Gasteiger partial charge on any atom is 0.0743 e. The molecule has 20 heavy (non-hydrogen) atoms. The summed E-state index contributed by atoms with van der Waals surface area (Å²) in [5.74, 6) is 0. The van der Waals surface area contributed by atoms with E-state index in [2.05, 4.69) is 46.0 Å². The highest BCUT2D eigenvalue weighted by atomic mass is 35.5. The molecule has 1 saturated heterocycles. The Morgan fingerprint density at radius 2 is 2.00 bits per heavy atom. The summed E-state index contributed by atoms with van der Waals surface area (Å²) < 4.78 is 0. The van der Waals surface area contributed by atoms with Crippen LogP contribution >= 0.6 is 23.8 Å². The van der Waals surface area contributed by atoms with Gasteiger partial charge in [-0.1, -0.05) is 11.6 Å². The molecular formula is C15H20ClN3S. The van der Waals surface area contributed by atoms with Gasteiger partial charge < -0.3 is 0 Å². The largest absolute Gasteiger partial charge is 0.298 e. The molecule has 1 aromatic rings. The van der Waals surface area contributed by atoms with E-state index in [-0.39, 0.29) is 0 Å². The third-order valence-electron chi connectivity index (χ3n) is 3.74. The number of hydrogen-bond donors (Lipinski definition) is 0. The van der Waals surface area contributed by atoms with Crippen LogP contribution in [-0.4, -0.2) is 47.2 Å². The molecule has 1 heterocycles. The van der Waals surface area contributed by atoms with Gasteiger partial charge in [0.15, 0.2) is 0 Å². The van der Waals surface area contributed by atoms with Crippen molar-refractivity contribution in [3.63, 3.8) is 0 Å². The minimum Gasteiger partial charge on any atom is -0.298 e. The Labute approximate surface area is 131 Å². The molecule has 1 aliphatic rings. The zero-order valence-electron chi connectivity index (χ0n) is 12.0. The lowest BCUT2D eigenvalue weighted by Crippen LogP contribution is -2.48. The number of rotatable bonds is 4. The molecule has 2 rings (SSSR count). The van der Waals surface area contributed by atoms with Crippen molar-refractivity contribution in [2.45, 2.75) is 26.4 Å². The topological polar surface area (TPSA) is 18.8 Å². The Bertz CT molecular complexity index is 504. The number of hydrogen-bond acceptors (Lipinski definition) is 4. The quantitative estimate of drug-likeness (QED) is 0.625. The maximum absolute atomic E-state index is 6.27. The lowest BCUT2D eigenvalue weighted by Gasteiger charge is -2.37. The van der Waals surface area contributed by atoms with Gasteiger partial charge in [-0.2, -0.15) is 4.99 Å². The van der Waals surface area contributed by atoms with E-state index in [0.717, 1.165) is 49.0 Å². The molecule has 1 aromatic carbocycles. The van der Waals surface area contributed by atoms with Gasteiger partial charge in [0, 0.05) is 43.8 Å². The van der Waals surface area contributed by atoms with Gasteiger partial charge in [0.05, 0.1) is 10.8 Å². The average Bonchev–Trinajstić information content (AvgIpc) is 2.43. The van der Waals surface area contributed by atoms with Crippen LogP contribution in [0.2, 0.25) is 5.02 Å². The lowest BCUT2D eigenvalue weighted by molar-refractivity contribution is 0.104. The van der Waals surface area contributed by atoms with Crippen molar-refractivity contribution in [3.8, 4) is 0 Å². The molecule has 0 radical (unpaired) electrons. The normalized spacial score (nSPS) is 17.2. The predicted octanol–water partition coefficient (Wildman–Crippen LogP) is 3.60. The summed E-state index contributed by atoms with van der Waals surface area (Å²) >= 11 is 10.9. The molecule has 1 aliphatic heterocycles. The van der Waals surface area contributed by atoms with E-state index in [0.29, 0.717) is 6.04 Å². The second-order valence-corrected chi connectivity index (χ2v) is 5.97. The summed E-state index contributed by atoms with van der Waals surface area (Å²) in [6.07, 6.45) is 0. The fourth-order valence-electron chi connectivity index (χ4n) is 2.48. The average molecular weight is 310 g/mol. The van der Waals surface area contributed by atoms with E-state index in [1.807, 2.05) is 18.2 Å². The van der Waals surface area contributed by atoms with Crippen LogP contribution in [0.3, 0.4) is 0 Å². The van der Waals surface area contributed by atoms with Gasteiger partial charge in [-0.05, 0) is 49.8 Å². The molecule has 3 nitrogen and oxygen atoms in total. The van der Waals surface area contributed by atoms with Crippen LogP contribution in [0.1, 0.15) is 19.4 Å². The number of benzene rings is 1. The first-order valence-corrected chi connectivity index (χ1v) is 7.71. The minimum atomic E-state index is 0.626. The zero-order valence-corrected chi connectivity index (χ0v) is 13.5. The molecule has 0 spiro atoms. The molecular weight excluding hydrogens is 290 g/mol. The Balaban J connectivity index is 2.00. The monoisotopic (exact) mass is 309 g/mol. The highest BCUT2D eigenvalue weighted by Gasteiger charge is 2.19.